The summed E-state index contributed by atoms with van der Waals surface area (Å²) in [6, 6.07) is -0.271. The number of Topliss-reactive ketones (excluding diaryl/α,β-unsaturated/α-hetero) is 1. The third-order valence-electron chi connectivity index (χ3n) is 1.76. The Morgan fingerprint density at radius 1 is 1.67 bits per heavy atom. The zero-order valence-electron chi connectivity index (χ0n) is 7.68. The normalized spacial score (nSPS) is 12.1. The van der Waals surface area contributed by atoms with Crippen molar-refractivity contribution in [2.24, 2.45) is 5.73 Å². The fourth-order valence-electron chi connectivity index (χ4n) is 1.02. The SMILES string of the molecule is C#CCCCC(=O)C(N)CCC. The number of carbonyl (C=O) groups is 1. The summed E-state index contributed by atoms with van der Waals surface area (Å²) in [7, 11) is 0. The average molecular weight is 167 g/mol. The molecule has 0 saturated carbocycles. The Bertz CT molecular complexity index is 169. The van der Waals surface area contributed by atoms with E-state index in [1.807, 2.05) is 6.92 Å². The molecule has 0 fully saturated rings. The molecule has 0 radical (unpaired) electrons. The summed E-state index contributed by atoms with van der Waals surface area (Å²) in [5, 5.41) is 0. The second-order valence-corrected chi connectivity index (χ2v) is 2.92. The Labute approximate surface area is 74.5 Å². The van der Waals surface area contributed by atoms with Crippen molar-refractivity contribution in [2.75, 3.05) is 0 Å². The van der Waals surface area contributed by atoms with Crippen LogP contribution in [0.5, 0.6) is 0 Å². The van der Waals surface area contributed by atoms with Crippen LogP contribution in [0.15, 0.2) is 0 Å². The van der Waals surface area contributed by atoms with E-state index in [9.17, 15) is 4.79 Å². The van der Waals surface area contributed by atoms with Gasteiger partial charge in [0.2, 0.25) is 0 Å². The van der Waals surface area contributed by atoms with Crippen molar-refractivity contribution in [2.45, 2.75) is 45.1 Å². The van der Waals surface area contributed by atoms with E-state index in [4.69, 9.17) is 12.2 Å². The molecule has 68 valence electrons. The maximum atomic E-state index is 11.2. The van der Waals surface area contributed by atoms with Crippen molar-refractivity contribution in [1.29, 1.82) is 0 Å². The highest BCUT2D eigenvalue weighted by Gasteiger charge is 2.10. The molecule has 12 heavy (non-hydrogen) atoms. The lowest BCUT2D eigenvalue weighted by Crippen LogP contribution is -2.29. The summed E-state index contributed by atoms with van der Waals surface area (Å²) < 4.78 is 0. The number of rotatable bonds is 6. The van der Waals surface area contributed by atoms with E-state index in [1.165, 1.54) is 0 Å². The summed E-state index contributed by atoms with van der Waals surface area (Å²) in [5.41, 5.74) is 5.61. The number of hydrogen-bond donors (Lipinski definition) is 1. The Hall–Kier alpha value is -0.810. The molecular formula is C10H17NO. The molecule has 2 heteroatoms. The smallest absolute Gasteiger partial charge is 0.149 e. The lowest BCUT2D eigenvalue weighted by Gasteiger charge is -2.07. The number of unbranched alkanes of at least 4 members (excludes halogenated alkanes) is 1. The summed E-state index contributed by atoms with van der Waals surface area (Å²) in [6.07, 6.45) is 8.78. The van der Waals surface area contributed by atoms with Crippen molar-refractivity contribution < 1.29 is 4.79 Å². The molecule has 0 bridgehead atoms. The van der Waals surface area contributed by atoms with Crippen molar-refractivity contribution in [3.05, 3.63) is 0 Å². The van der Waals surface area contributed by atoms with E-state index >= 15 is 0 Å². The fraction of sp³-hybridized carbons (Fsp3) is 0.700. The molecule has 0 aliphatic rings. The molecule has 0 spiro atoms. The summed E-state index contributed by atoms with van der Waals surface area (Å²) in [4.78, 5) is 11.2. The molecule has 0 aliphatic heterocycles. The molecule has 0 saturated heterocycles. The second kappa shape index (κ2) is 6.87. The predicted octanol–water partition coefficient (Wildman–Crippen LogP) is 1.49. The first-order valence-electron chi connectivity index (χ1n) is 4.44. The number of ketones is 1. The summed E-state index contributed by atoms with van der Waals surface area (Å²) in [6.45, 7) is 2.02. The minimum atomic E-state index is -0.271. The average Bonchev–Trinajstić information content (AvgIpc) is 2.05. The number of hydrogen-bond acceptors (Lipinski definition) is 2. The first-order chi connectivity index (χ1) is 5.72. The highest BCUT2D eigenvalue weighted by Crippen LogP contribution is 2.02. The quantitative estimate of drug-likeness (QED) is 0.481. The van der Waals surface area contributed by atoms with Gasteiger partial charge < -0.3 is 5.73 Å². The van der Waals surface area contributed by atoms with E-state index in [2.05, 4.69) is 5.92 Å². The zero-order valence-corrected chi connectivity index (χ0v) is 7.68. The highest BCUT2D eigenvalue weighted by atomic mass is 16.1. The van der Waals surface area contributed by atoms with Gasteiger partial charge in [0.25, 0.3) is 0 Å². The van der Waals surface area contributed by atoms with E-state index in [0.717, 1.165) is 19.3 Å². The second-order valence-electron chi connectivity index (χ2n) is 2.92. The molecular weight excluding hydrogens is 150 g/mol. The van der Waals surface area contributed by atoms with E-state index < -0.39 is 0 Å². The maximum absolute atomic E-state index is 11.2. The number of nitrogens with two attached hydrogens (primary N) is 1. The number of terminal acetylenes is 1. The van der Waals surface area contributed by atoms with Gasteiger partial charge in [0.1, 0.15) is 5.78 Å². The molecule has 1 atom stereocenters. The third-order valence-corrected chi connectivity index (χ3v) is 1.76. The molecule has 0 heterocycles. The minimum absolute atomic E-state index is 0.145. The zero-order chi connectivity index (χ0) is 9.40. The largest absolute Gasteiger partial charge is 0.322 e. The van der Waals surface area contributed by atoms with Crippen LogP contribution < -0.4 is 5.73 Å². The van der Waals surface area contributed by atoms with Crippen LogP contribution in [0.4, 0.5) is 0 Å². The summed E-state index contributed by atoms with van der Waals surface area (Å²) in [5.74, 6) is 2.65. The lowest BCUT2D eigenvalue weighted by atomic mass is 10.0. The van der Waals surface area contributed by atoms with E-state index in [-0.39, 0.29) is 11.8 Å². The third kappa shape index (κ3) is 4.92. The van der Waals surface area contributed by atoms with Crippen LogP contribution in [0.2, 0.25) is 0 Å². The molecule has 2 N–H and O–H groups in total. The Kier molecular flexibility index (Phi) is 6.41. The molecule has 0 aromatic heterocycles. The lowest BCUT2D eigenvalue weighted by molar-refractivity contribution is -0.120. The van der Waals surface area contributed by atoms with Gasteiger partial charge >= 0.3 is 0 Å². The van der Waals surface area contributed by atoms with E-state index in [0.29, 0.717) is 12.8 Å². The van der Waals surface area contributed by atoms with Crippen LogP contribution in [0.1, 0.15) is 39.0 Å². The molecule has 0 aliphatic carbocycles. The van der Waals surface area contributed by atoms with Gasteiger partial charge in [-0.15, -0.1) is 12.3 Å². The van der Waals surface area contributed by atoms with Crippen molar-refractivity contribution >= 4 is 5.78 Å². The molecule has 1 unspecified atom stereocenters. The van der Waals surface area contributed by atoms with Crippen LogP contribution in [0, 0.1) is 12.3 Å². The summed E-state index contributed by atoms with van der Waals surface area (Å²) >= 11 is 0. The van der Waals surface area contributed by atoms with Crippen LogP contribution in [0.25, 0.3) is 0 Å². The topological polar surface area (TPSA) is 43.1 Å². The van der Waals surface area contributed by atoms with Crippen molar-refractivity contribution in [3.63, 3.8) is 0 Å². The van der Waals surface area contributed by atoms with Gasteiger partial charge in [-0.25, -0.2) is 0 Å². The highest BCUT2D eigenvalue weighted by molar-refractivity contribution is 5.83. The fourth-order valence-corrected chi connectivity index (χ4v) is 1.02. The van der Waals surface area contributed by atoms with Crippen molar-refractivity contribution in [3.8, 4) is 12.3 Å². The predicted molar refractivity (Wildman–Crippen MR) is 50.6 cm³/mol. The maximum Gasteiger partial charge on any atom is 0.149 e. The van der Waals surface area contributed by atoms with Crippen LogP contribution in [0.3, 0.4) is 0 Å². The van der Waals surface area contributed by atoms with Gasteiger partial charge in [-0.3, -0.25) is 4.79 Å². The Morgan fingerprint density at radius 3 is 2.83 bits per heavy atom. The van der Waals surface area contributed by atoms with Gasteiger partial charge in [0.05, 0.1) is 6.04 Å². The first kappa shape index (κ1) is 11.2. The van der Waals surface area contributed by atoms with Crippen molar-refractivity contribution in [1.82, 2.24) is 0 Å². The van der Waals surface area contributed by atoms with Gasteiger partial charge in [0.15, 0.2) is 0 Å². The Balaban J connectivity index is 3.51. The van der Waals surface area contributed by atoms with Gasteiger partial charge in [0, 0.05) is 12.8 Å². The molecule has 0 amide bonds. The Morgan fingerprint density at radius 2 is 2.33 bits per heavy atom. The molecule has 0 rings (SSSR count). The molecule has 0 aromatic rings. The van der Waals surface area contributed by atoms with Crippen LogP contribution in [-0.2, 0) is 4.79 Å². The molecule has 2 nitrogen and oxygen atoms in total. The van der Waals surface area contributed by atoms with Crippen LogP contribution >= 0.6 is 0 Å². The number of carbonyl (C=O) groups excluding carboxylic acids is 1. The van der Waals surface area contributed by atoms with Gasteiger partial charge in [-0.2, -0.15) is 0 Å². The van der Waals surface area contributed by atoms with E-state index in [1.54, 1.807) is 0 Å². The van der Waals surface area contributed by atoms with Gasteiger partial charge in [-0.05, 0) is 12.8 Å². The van der Waals surface area contributed by atoms with Crippen LogP contribution in [-0.4, -0.2) is 11.8 Å². The minimum Gasteiger partial charge on any atom is -0.322 e. The van der Waals surface area contributed by atoms with Gasteiger partial charge in [-0.1, -0.05) is 13.3 Å². The standard InChI is InChI=1S/C10H17NO/c1-3-5-6-8-10(12)9(11)7-4-2/h1,9H,4-8,11H2,2H3. The first-order valence-corrected chi connectivity index (χ1v) is 4.44. The molecule has 0 aromatic carbocycles. The monoisotopic (exact) mass is 167 g/mol.